The molecule has 0 amide bonds. The van der Waals surface area contributed by atoms with Crippen LogP contribution in [0.5, 0.6) is 0 Å². The maximum absolute atomic E-state index is 7.72. The summed E-state index contributed by atoms with van der Waals surface area (Å²) < 4.78 is 1.04. The third-order valence-corrected chi connectivity index (χ3v) is 4.16. The molecule has 0 bridgehead atoms. The summed E-state index contributed by atoms with van der Waals surface area (Å²) in [5.41, 5.74) is 7.63. The summed E-state index contributed by atoms with van der Waals surface area (Å²) in [4.78, 5) is 2.40. The van der Waals surface area contributed by atoms with Crippen LogP contribution in [-0.2, 0) is 0 Å². The third kappa shape index (κ3) is 2.69. The van der Waals surface area contributed by atoms with E-state index in [0.717, 1.165) is 22.3 Å². The second-order valence-corrected chi connectivity index (χ2v) is 5.72. The first-order chi connectivity index (χ1) is 8.63. The first-order valence-corrected chi connectivity index (χ1v) is 7.33. The maximum atomic E-state index is 7.72. The van der Waals surface area contributed by atoms with Gasteiger partial charge in [0.25, 0.3) is 0 Å². The molecule has 0 saturated heterocycles. The molecule has 1 fully saturated rings. The summed E-state index contributed by atoms with van der Waals surface area (Å²) in [6, 6.07) is 6.56. The second kappa shape index (κ2) is 5.74. The number of anilines is 1. The molecule has 4 heteroatoms. The predicted octanol–water partition coefficient (Wildman–Crippen LogP) is 3.50. The molecule has 1 aliphatic carbocycles. The van der Waals surface area contributed by atoms with Crippen LogP contribution in [-0.4, -0.2) is 18.4 Å². The van der Waals surface area contributed by atoms with E-state index in [-0.39, 0.29) is 5.84 Å². The van der Waals surface area contributed by atoms with E-state index >= 15 is 0 Å². The number of nitrogens with zero attached hydrogens (tertiary/aromatic N) is 1. The Morgan fingerprint density at radius 3 is 2.67 bits per heavy atom. The van der Waals surface area contributed by atoms with Crippen LogP contribution in [0.25, 0.3) is 0 Å². The summed E-state index contributed by atoms with van der Waals surface area (Å²) in [5, 5.41) is 7.72. The van der Waals surface area contributed by atoms with Crippen molar-refractivity contribution >= 4 is 27.5 Å². The minimum Gasteiger partial charge on any atom is -0.384 e. The van der Waals surface area contributed by atoms with E-state index in [1.54, 1.807) is 0 Å². The molecular weight excluding hydrogens is 290 g/mol. The molecule has 0 unspecified atom stereocenters. The van der Waals surface area contributed by atoms with E-state index in [0.29, 0.717) is 6.04 Å². The van der Waals surface area contributed by atoms with Crippen molar-refractivity contribution in [3.8, 4) is 0 Å². The van der Waals surface area contributed by atoms with Gasteiger partial charge in [0.1, 0.15) is 5.84 Å². The molecule has 1 aromatic rings. The highest BCUT2D eigenvalue weighted by Gasteiger charge is 2.24. The van der Waals surface area contributed by atoms with Crippen LogP contribution in [0.15, 0.2) is 22.7 Å². The molecule has 3 nitrogen and oxygen atoms in total. The lowest BCUT2D eigenvalue weighted by atomic mass is 10.1. The zero-order chi connectivity index (χ0) is 13.1. The molecule has 3 N–H and O–H groups in total. The van der Waals surface area contributed by atoms with E-state index in [9.17, 15) is 0 Å². The van der Waals surface area contributed by atoms with Gasteiger partial charge >= 0.3 is 0 Å². The molecule has 1 aromatic carbocycles. The molecule has 0 atom stereocenters. The Labute approximate surface area is 117 Å². The van der Waals surface area contributed by atoms with Crippen molar-refractivity contribution in [3.05, 3.63) is 28.2 Å². The van der Waals surface area contributed by atoms with Crippen molar-refractivity contribution in [2.75, 3.05) is 11.4 Å². The quantitative estimate of drug-likeness (QED) is 0.660. The molecule has 98 valence electrons. The van der Waals surface area contributed by atoms with Crippen LogP contribution in [0.4, 0.5) is 5.69 Å². The lowest BCUT2D eigenvalue weighted by Crippen LogP contribution is -2.34. The number of nitrogens with one attached hydrogen (secondary N) is 1. The highest BCUT2D eigenvalue weighted by Crippen LogP contribution is 2.32. The highest BCUT2D eigenvalue weighted by atomic mass is 79.9. The van der Waals surface area contributed by atoms with Gasteiger partial charge in [-0.2, -0.15) is 0 Å². The van der Waals surface area contributed by atoms with Crippen molar-refractivity contribution in [2.45, 2.75) is 38.6 Å². The van der Waals surface area contributed by atoms with E-state index in [2.05, 4.69) is 33.8 Å². The summed E-state index contributed by atoms with van der Waals surface area (Å²) in [6.45, 7) is 3.13. The van der Waals surface area contributed by atoms with Crippen molar-refractivity contribution in [1.29, 1.82) is 5.41 Å². The van der Waals surface area contributed by atoms with Gasteiger partial charge in [-0.1, -0.05) is 28.8 Å². The van der Waals surface area contributed by atoms with Crippen molar-refractivity contribution in [3.63, 3.8) is 0 Å². The van der Waals surface area contributed by atoms with E-state index in [1.807, 2.05) is 12.1 Å². The van der Waals surface area contributed by atoms with Gasteiger partial charge < -0.3 is 10.6 Å². The normalized spacial score (nSPS) is 15.9. The molecule has 0 aliphatic heterocycles. The molecule has 0 radical (unpaired) electrons. The highest BCUT2D eigenvalue weighted by molar-refractivity contribution is 9.10. The van der Waals surface area contributed by atoms with Crippen molar-refractivity contribution in [2.24, 2.45) is 5.73 Å². The van der Waals surface area contributed by atoms with Gasteiger partial charge in [0.05, 0.1) is 0 Å². The molecular formula is C14H20BrN3. The molecule has 0 spiro atoms. The van der Waals surface area contributed by atoms with Crippen molar-refractivity contribution < 1.29 is 0 Å². The Bertz CT molecular complexity index is 439. The summed E-state index contributed by atoms with van der Waals surface area (Å²) in [5.74, 6) is 0.147. The van der Waals surface area contributed by atoms with Gasteiger partial charge in [-0.3, -0.25) is 5.41 Å². The fourth-order valence-electron chi connectivity index (χ4n) is 2.81. The van der Waals surface area contributed by atoms with Gasteiger partial charge in [0.15, 0.2) is 0 Å². The number of nitrogens with two attached hydrogens (primary N) is 1. The fourth-order valence-corrected chi connectivity index (χ4v) is 3.16. The molecule has 0 heterocycles. The van der Waals surface area contributed by atoms with Crippen LogP contribution < -0.4 is 10.6 Å². The standard InChI is InChI=1S/C14H20BrN3/c1-2-18(11-5-3-4-6-11)13-9-10(15)7-8-12(13)14(16)17/h7-9,11H,2-6H2,1H3,(H3,16,17). The third-order valence-electron chi connectivity index (χ3n) is 3.67. The maximum Gasteiger partial charge on any atom is 0.124 e. The second-order valence-electron chi connectivity index (χ2n) is 4.80. The van der Waals surface area contributed by atoms with Crippen molar-refractivity contribution in [1.82, 2.24) is 0 Å². The number of halogens is 1. The van der Waals surface area contributed by atoms with E-state index in [1.165, 1.54) is 25.7 Å². The molecule has 18 heavy (non-hydrogen) atoms. The Hall–Kier alpha value is -1.03. The number of benzene rings is 1. The monoisotopic (exact) mass is 309 g/mol. The first kappa shape index (κ1) is 13.4. The van der Waals surface area contributed by atoms with Crippen LogP contribution in [0, 0.1) is 5.41 Å². The van der Waals surface area contributed by atoms with Crippen LogP contribution in [0.1, 0.15) is 38.2 Å². The Kier molecular flexibility index (Phi) is 4.27. The molecule has 0 aromatic heterocycles. The molecule has 1 saturated carbocycles. The zero-order valence-corrected chi connectivity index (χ0v) is 12.3. The van der Waals surface area contributed by atoms with Crippen LogP contribution >= 0.6 is 15.9 Å². The van der Waals surface area contributed by atoms with Gasteiger partial charge in [-0.25, -0.2) is 0 Å². The van der Waals surface area contributed by atoms with Crippen LogP contribution in [0.2, 0.25) is 0 Å². The number of nitrogen functional groups attached to an aromatic ring is 1. The number of hydrogen-bond donors (Lipinski definition) is 2. The average Bonchev–Trinajstić information content (AvgIpc) is 2.83. The zero-order valence-electron chi connectivity index (χ0n) is 10.7. The topological polar surface area (TPSA) is 53.1 Å². The lowest BCUT2D eigenvalue weighted by molar-refractivity contribution is 0.619. The smallest absolute Gasteiger partial charge is 0.124 e. The minimum atomic E-state index is 0.147. The average molecular weight is 310 g/mol. The fraction of sp³-hybridized carbons (Fsp3) is 0.500. The number of rotatable bonds is 4. The largest absolute Gasteiger partial charge is 0.384 e. The summed E-state index contributed by atoms with van der Waals surface area (Å²) in [7, 11) is 0. The van der Waals surface area contributed by atoms with Crippen LogP contribution in [0.3, 0.4) is 0 Å². The first-order valence-electron chi connectivity index (χ1n) is 6.54. The Morgan fingerprint density at radius 2 is 2.11 bits per heavy atom. The molecule has 2 rings (SSSR count). The van der Waals surface area contributed by atoms with Gasteiger partial charge in [-0.05, 0) is 38.0 Å². The van der Waals surface area contributed by atoms with E-state index < -0.39 is 0 Å². The number of amidine groups is 1. The van der Waals surface area contributed by atoms with E-state index in [4.69, 9.17) is 11.1 Å². The summed E-state index contributed by atoms with van der Waals surface area (Å²) in [6.07, 6.45) is 5.12. The lowest BCUT2D eigenvalue weighted by Gasteiger charge is -2.31. The van der Waals surface area contributed by atoms with Gasteiger partial charge in [0, 0.05) is 28.3 Å². The SMILES string of the molecule is CCN(c1cc(Br)ccc1C(=N)N)C1CCCC1. The van der Waals surface area contributed by atoms with Gasteiger partial charge in [-0.15, -0.1) is 0 Å². The van der Waals surface area contributed by atoms with Gasteiger partial charge in [0.2, 0.25) is 0 Å². The minimum absolute atomic E-state index is 0.147. The Balaban J connectivity index is 2.39. The summed E-state index contributed by atoms with van der Waals surface area (Å²) >= 11 is 3.51. The predicted molar refractivity (Wildman–Crippen MR) is 80.4 cm³/mol. The molecule has 1 aliphatic rings. The Morgan fingerprint density at radius 1 is 1.44 bits per heavy atom. The number of hydrogen-bond acceptors (Lipinski definition) is 2.